The summed E-state index contributed by atoms with van der Waals surface area (Å²) in [6.45, 7) is 3.43. The molecule has 1 aliphatic carbocycles. The van der Waals surface area contributed by atoms with Crippen LogP contribution in [0.1, 0.15) is 22.7 Å². The molecule has 0 atom stereocenters. The maximum absolute atomic E-state index is 5.88. The highest BCUT2D eigenvalue weighted by Gasteiger charge is 2.22. The van der Waals surface area contributed by atoms with E-state index >= 15 is 0 Å². The van der Waals surface area contributed by atoms with Crippen LogP contribution in [0.5, 0.6) is 5.88 Å². The molecule has 0 amide bonds. The third kappa shape index (κ3) is 3.39. The molecule has 106 valence electrons. The summed E-state index contributed by atoms with van der Waals surface area (Å²) in [6.07, 6.45) is 4.38. The van der Waals surface area contributed by atoms with Gasteiger partial charge in [-0.25, -0.2) is 4.98 Å². The van der Waals surface area contributed by atoms with Gasteiger partial charge in [0.2, 0.25) is 5.88 Å². The zero-order valence-corrected chi connectivity index (χ0v) is 12.2. The number of anilines is 2. The van der Waals surface area contributed by atoms with E-state index in [0.717, 1.165) is 10.8 Å². The molecule has 0 aliphatic heterocycles. The smallest absolute Gasteiger partial charge is 0.239 e. The summed E-state index contributed by atoms with van der Waals surface area (Å²) >= 11 is 1.68. The molecule has 0 radical (unpaired) electrons. The van der Waals surface area contributed by atoms with E-state index in [2.05, 4.69) is 15.3 Å². The van der Waals surface area contributed by atoms with Gasteiger partial charge >= 0.3 is 0 Å². The van der Waals surface area contributed by atoms with Gasteiger partial charge in [-0.05, 0) is 37.8 Å². The minimum atomic E-state index is 0.525. The molecule has 5 nitrogen and oxygen atoms in total. The molecule has 0 saturated heterocycles. The lowest BCUT2D eigenvalue weighted by Crippen LogP contribution is -2.06. The van der Waals surface area contributed by atoms with Gasteiger partial charge in [-0.1, -0.05) is 0 Å². The lowest BCUT2D eigenvalue weighted by atomic mass is 10.4. The van der Waals surface area contributed by atoms with Crippen molar-refractivity contribution in [2.24, 2.45) is 5.92 Å². The largest absolute Gasteiger partial charge is 0.476 e. The molecule has 20 heavy (non-hydrogen) atoms. The van der Waals surface area contributed by atoms with Crippen molar-refractivity contribution in [1.29, 1.82) is 0 Å². The zero-order valence-electron chi connectivity index (χ0n) is 11.4. The van der Waals surface area contributed by atoms with Gasteiger partial charge in [-0.15, -0.1) is 11.3 Å². The second-order valence-electron chi connectivity index (χ2n) is 5.06. The van der Waals surface area contributed by atoms with Crippen molar-refractivity contribution in [3.63, 3.8) is 0 Å². The molecule has 0 unspecified atom stereocenters. The molecule has 6 heteroatoms. The predicted molar refractivity (Wildman–Crippen MR) is 81.0 cm³/mol. The molecule has 2 aromatic rings. The molecule has 2 heterocycles. The predicted octanol–water partition coefficient (Wildman–Crippen LogP) is 2.83. The third-order valence-electron chi connectivity index (χ3n) is 3.13. The number of hydrogen-bond donors (Lipinski definition) is 2. The number of aryl methyl sites for hydroxylation is 1. The van der Waals surface area contributed by atoms with E-state index in [-0.39, 0.29) is 0 Å². The fraction of sp³-hybridized carbons (Fsp3) is 0.429. The summed E-state index contributed by atoms with van der Waals surface area (Å²) in [6, 6.07) is 3.68. The minimum absolute atomic E-state index is 0.525. The number of nitrogens with two attached hydrogens (primary N) is 1. The van der Waals surface area contributed by atoms with E-state index in [1.807, 2.05) is 25.3 Å². The summed E-state index contributed by atoms with van der Waals surface area (Å²) in [5, 5.41) is 4.29. The average molecular weight is 290 g/mol. The molecule has 0 spiro atoms. The lowest BCUT2D eigenvalue weighted by molar-refractivity contribution is 0.290. The molecule has 1 fully saturated rings. The van der Waals surface area contributed by atoms with E-state index < -0.39 is 0 Å². The summed E-state index contributed by atoms with van der Waals surface area (Å²) in [5.74, 6) is 1.97. The maximum atomic E-state index is 5.88. The van der Waals surface area contributed by atoms with Gasteiger partial charge in [-0.3, -0.25) is 0 Å². The Kier molecular flexibility index (Phi) is 3.73. The molecule has 0 bridgehead atoms. The van der Waals surface area contributed by atoms with Gasteiger partial charge in [0.15, 0.2) is 0 Å². The first-order valence-corrected chi connectivity index (χ1v) is 7.57. The number of hydrogen-bond acceptors (Lipinski definition) is 6. The Morgan fingerprint density at radius 3 is 3.00 bits per heavy atom. The van der Waals surface area contributed by atoms with Crippen LogP contribution in [0.4, 0.5) is 11.5 Å². The van der Waals surface area contributed by atoms with Crippen molar-refractivity contribution in [2.45, 2.75) is 26.3 Å². The van der Waals surface area contributed by atoms with Gasteiger partial charge in [0, 0.05) is 11.1 Å². The fourth-order valence-electron chi connectivity index (χ4n) is 1.80. The number of nitrogens with one attached hydrogen (secondary N) is 1. The van der Waals surface area contributed by atoms with Crippen LogP contribution in [0, 0.1) is 12.8 Å². The monoisotopic (exact) mass is 290 g/mol. The van der Waals surface area contributed by atoms with E-state index in [1.54, 1.807) is 11.3 Å². The Morgan fingerprint density at radius 2 is 2.30 bits per heavy atom. The van der Waals surface area contributed by atoms with Gasteiger partial charge in [0.1, 0.15) is 10.8 Å². The first-order chi connectivity index (χ1) is 9.70. The van der Waals surface area contributed by atoms with Crippen LogP contribution in [-0.2, 0) is 6.54 Å². The van der Waals surface area contributed by atoms with Crippen molar-refractivity contribution in [3.05, 3.63) is 28.2 Å². The number of thiazole rings is 1. The van der Waals surface area contributed by atoms with Crippen LogP contribution >= 0.6 is 11.3 Å². The third-order valence-corrected chi connectivity index (χ3v) is 4.05. The van der Waals surface area contributed by atoms with Crippen LogP contribution in [0.2, 0.25) is 0 Å². The van der Waals surface area contributed by atoms with Crippen molar-refractivity contribution < 1.29 is 4.74 Å². The Bertz CT molecular complexity index is 595. The molecule has 2 aromatic heterocycles. The van der Waals surface area contributed by atoms with Crippen LogP contribution in [0.15, 0.2) is 18.3 Å². The first-order valence-electron chi connectivity index (χ1n) is 6.75. The highest BCUT2D eigenvalue weighted by Crippen LogP contribution is 2.30. The van der Waals surface area contributed by atoms with E-state index in [4.69, 9.17) is 10.5 Å². The van der Waals surface area contributed by atoms with Gasteiger partial charge < -0.3 is 15.8 Å². The van der Waals surface area contributed by atoms with Crippen molar-refractivity contribution >= 4 is 22.8 Å². The van der Waals surface area contributed by atoms with Crippen molar-refractivity contribution in [1.82, 2.24) is 9.97 Å². The highest BCUT2D eigenvalue weighted by atomic mass is 32.1. The molecule has 0 aromatic carbocycles. The average Bonchev–Trinajstić information content (AvgIpc) is 3.18. The number of aromatic nitrogens is 2. The van der Waals surface area contributed by atoms with Crippen LogP contribution in [0.3, 0.4) is 0 Å². The highest BCUT2D eigenvalue weighted by molar-refractivity contribution is 7.11. The zero-order chi connectivity index (χ0) is 13.9. The van der Waals surface area contributed by atoms with E-state index in [1.165, 1.54) is 17.7 Å². The molecule has 1 aliphatic rings. The fourth-order valence-corrected chi connectivity index (χ4v) is 2.52. The van der Waals surface area contributed by atoms with Crippen LogP contribution < -0.4 is 15.8 Å². The summed E-state index contributed by atoms with van der Waals surface area (Å²) < 4.78 is 5.67. The standard InChI is InChI=1S/C14H18N4OS/c1-9-6-17-13(20-9)7-16-12-5-4-11(15)14(18-12)19-8-10-2-3-10/h4-6,10H,2-3,7-8,15H2,1H3,(H,16,18). The van der Waals surface area contributed by atoms with Gasteiger partial charge in [0.25, 0.3) is 0 Å². The quantitative estimate of drug-likeness (QED) is 0.856. The Balaban J connectivity index is 1.61. The van der Waals surface area contributed by atoms with Crippen LogP contribution in [-0.4, -0.2) is 16.6 Å². The Labute approximate surface area is 122 Å². The minimum Gasteiger partial charge on any atom is -0.476 e. The second-order valence-corrected chi connectivity index (χ2v) is 6.38. The number of nitrogens with zero attached hydrogens (tertiary/aromatic N) is 2. The Morgan fingerprint density at radius 1 is 1.45 bits per heavy atom. The van der Waals surface area contributed by atoms with E-state index in [0.29, 0.717) is 30.6 Å². The first kappa shape index (κ1) is 13.2. The normalized spacial score (nSPS) is 14.2. The number of rotatable bonds is 6. The maximum Gasteiger partial charge on any atom is 0.239 e. The molecular formula is C14H18N4OS. The summed E-state index contributed by atoms with van der Waals surface area (Å²) in [4.78, 5) is 9.93. The molecule has 1 saturated carbocycles. The number of pyridine rings is 1. The second kappa shape index (κ2) is 5.66. The summed E-state index contributed by atoms with van der Waals surface area (Å²) in [7, 11) is 0. The summed E-state index contributed by atoms with van der Waals surface area (Å²) in [5.41, 5.74) is 6.47. The van der Waals surface area contributed by atoms with E-state index in [9.17, 15) is 0 Å². The number of ether oxygens (including phenoxy) is 1. The van der Waals surface area contributed by atoms with Crippen molar-refractivity contribution in [3.8, 4) is 5.88 Å². The topological polar surface area (TPSA) is 73.1 Å². The number of nitrogen functional groups attached to an aromatic ring is 1. The SMILES string of the molecule is Cc1cnc(CNc2ccc(N)c(OCC3CC3)n2)s1. The molecular weight excluding hydrogens is 272 g/mol. The molecule has 3 N–H and O–H groups in total. The van der Waals surface area contributed by atoms with Crippen molar-refractivity contribution in [2.75, 3.05) is 17.7 Å². The van der Waals surface area contributed by atoms with Gasteiger partial charge in [0.05, 0.1) is 18.8 Å². The molecule has 3 rings (SSSR count). The van der Waals surface area contributed by atoms with Crippen LogP contribution in [0.25, 0.3) is 0 Å². The Hall–Kier alpha value is -1.82. The lowest BCUT2D eigenvalue weighted by Gasteiger charge is -2.10. The van der Waals surface area contributed by atoms with Gasteiger partial charge in [-0.2, -0.15) is 4.98 Å².